The van der Waals surface area contributed by atoms with Gasteiger partial charge in [0.2, 0.25) is 0 Å². The van der Waals surface area contributed by atoms with Crippen LogP contribution in [0, 0.1) is 0 Å². The molecule has 1 aliphatic rings. The molecule has 4 aromatic rings. The lowest BCUT2D eigenvalue weighted by atomic mass is 9.95. The van der Waals surface area contributed by atoms with Crippen molar-refractivity contribution in [2.24, 2.45) is 0 Å². The van der Waals surface area contributed by atoms with Gasteiger partial charge in [-0.05, 0) is 30.3 Å². The van der Waals surface area contributed by atoms with Crippen molar-refractivity contribution in [2.75, 3.05) is 7.11 Å². The van der Waals surface area contributed by atoms with E-state index in [0.717, 1.165) is 21.8 Å². The van der Waals surface area contributed by atoms with E-state index in [2.05, 4.69) is 15.3 Å². The van der Waals surface area contributed by atoms with Crippen molar-refractivity contribution in [1.82, 2.24) is 15.3 Å². The van der Waals surface area contributed by atoms with Gasteiger partial charge < -0.3 is 14.7 Å². The molecule has 2 aromatic heterocycles. The van der Waals surface area contributed by atoms with Gasteiger partial charge in [0.25, 0.3) is 11.8 Å². The normalized spacial score (nSPS) is 14.4. The minimum absolute atomic E-state index is 0.334. The van der Waals surface area contributed by atoms with E-state index in [1.54, 1.807) is 31.6 Å². The van der Waals surface area contributed by atoms with E-state index in [1.807, 2.05) is 24.3 Å². The van der Waals surface area contributed by atoms with E-state index < -0.39 is 11.8 Å². The molecule has 0 fully saturated rings. The summed E-state index contributed by atoms with van der Waals surface area (Å²) in [6, 6.07) is 10.9. The summed E-state index contributed by atoms with van der Waals surface area (Å²) in [6.07, 6.45) is 3.47. The maximum atomic E-state index is 12.7. The number of carbonyl (C=O) groups excluding carboxylic acids is 2. The van der Waals surface area contributed by atoms with Gasteiger partial charge in [-0.15, -0.1) is 0 Å². The Hall–Kier alpha value is -3.51. The summed E-state index contributed by atoms with van der Waals surface area (Å²) in [7, 11) is 1.58. The average molecular weight is 392 g/mol. The maximum Gasteiger partial charge on any atom is 0.259 e. The fourth-order valence-electron chi connectivity index (χ4n) is 3.71. The molecule has 0 saturated heterocycles. The van der Waals surface area contributed by atoms with Crippen LogP contribution in [-0.2, 0) is 9.59 Å². The standard InChI is InChI=1S/C21H14ClN3O3/c1-28-11-3-5-16-13(7-11)15(9-23-16)19-18(20(26)25-21(19)27)14-8-24-17-6-10(22)2-4-12(14)17/h2-9,23-24H,1H3,(H,25,26,27). The van der Waals surface area contributed by atoms with Crippen LogP contribution in [0.15, 0.2) is 48.8 Å². The Morgan fingerprint density at radius 2 is 1.50 bits per heavy atom. The van der Waals surface area contributed by atoms with Crippen molar-refractivity contribution < 1.29 is 14.3 Å². The lowest BCUT2D eigenvalue weighted by Crippen LogP contribution is -2.22. The highest BCUT2D eigenvalue weighted by molar-refractivity contribution is 6.50. The first-order valence-corrected chi connectivity index (χ1v) is 8.97. The molecule has 28 heavy (non-hydrogen) atoms. The Kier molecular flexibility index (Phi) is 3.57. The second kappa shape index (κ2) is 6.00. The number of rotatable bonds is 3. The van der Waals surface area contributed by atoms with Crippen LogP contribution in [0.2, 0.25) is 5.02 Å². The van der Waals surface area contributed by atoms with Crippen LogP contribution < -0.4 is 10.1 Å². The minimum Gasteiger partial charge on any atom is -0.497 e. The zero-order valence-corrected chi connectivity index (χ0v) is 15.5. The van der Waals surface area contributed by atoms with Crippen LogP contribution in [0.1, 0.15) is 11.1 Å². The third kappa shape index (κ3) is 2.35. The number of halogens is 1. The van der Waals surface area contributed by atoms with Crippen LogP contribution in [0.4, 0.5) is 0 Å². The van der Waals surface area contributed by atoms with Crippen LogP contribution in [0.3, 0.4) is 0 Å². The first kappa shape index (κ1) is 16.6. The number of ether oxygens (including phenoxy) is 1. The Labute approximate surface area is 164 Å². The quantitative estimate of drug-likeness (QED) is 0.463. The van der Waals surface area contributed by atoms with E-state index in [0.29, 0.717) is 33.0 Å². The monoisotopic (exact) mass is 391 g/mol. The SMILES string of the molecule is COc1ccc2[nH]cc(C3=C(c4c[nH]c5cc(Cl)ccc45)C(=O)NC3=O)c2c1. The number of carbonyl (C=O) groups is 2. The first-order chi connectivity index (χ1) is 13.6. The van der Waals surface area contributed by atoms with E-state index in [4.69, 9.17) is 16.3 Å². The predicted octanol–water partition coefficient (Wildman–Crippen LogP) is 3.88. The Bertz CT molecular complexity index is 1330. The summed E-state index contributed by atoms with van der Waals surface area (Å²) in [4.78, 5) is 31.7. The molecular weight excluding hydrogens is 378 g/mol. The molecule has 3 heterocycles. The van der Waals surface area contributed by atoms with E-state index in [-0.39, 0.29) is 0 Å². The molecule has 6 nitrogen and oxygen atoms in total. The molecule has 138 valence electrons. The van der Waals surface area contributed by atoms with Gasteiger partial charge >= 0.3 is 0 Å². The van der Waals surface area contributed by atoms with Crippen molar-refractivity contribution in [2.45, 2.75) is 0 Å². The minimum atomic E-state index is -0.424. The van der Waals surface area contributed by atoms with E-state index in [9.17, 15) is 9.59 Å². The summed E-state index contributed by atoms with van der Waals surface area (Å²) < 4.78 is 5.31. The highest BCUT2D eigenvalue weighted by Crippen LogP contribution is 2.38. The van der Waals surface area contributed by atoms with Crippen LogP contribution in [0.5, 0.6) is 5.75 Å². The van der Waals surface area contributed by atoms with E-state index >= 15 is 0 Å². The van der Waals surface area contributed by atoms with Gasteiger partial charge in [0.1, 0.15) is 5.75 Å². The summed E-state index contributed by atoms with van der Waals surface area (Å²) in [5, 5.41) is 4.64. The fraction of sp³-hybridized carbons (Fsp3) is 0.0476. The van der Waals surface area contributed by atoms with Crippen molar-refractivity contribution in [3.8, 4) is 5.75 Å². The van der Waals surface area contributed by atoms with Crippen molar-refractivity contribution in [3.63, 3.8) is 0 Å². The predicted molar refractivity (Wildman–Crippen MR) is 108 cm³/mol. The molecule has 0 unspecified atom stereocenters. The van der Waals surface area contributed by atoms with Crippen LogP contribution in [-0.4, -0.2) is 28.9 Å². The number of fused-ring (bicyclic) bond motifs is 2. The summed E-state index contributed by atoms with van der Waals surface area (Å²) >= 11 is 6.06. The molecule has 1 aliphatic heterocycles. The highest BCUT2D eigenvalue weighted by atomic mass is 35.5. The second-order valence-corrected chi connectivity index (χ2v) is 6.98. The average Bonchev–Trinajstić information content (AvgIpc) is 3.35. The number of H-pyrrole nitrogens is 2. The van der Waals surface area contributed by atoms with Crippen molar-refractivity contribution >= 4 is 56.4 Å². The number of amides is 2. The first-order valence-electron chi connectivity index (χ1n) is 8.59. The third-order valence-electron chi connectivity index (χ3n) is 5.00. The van der Waals surface area contributed by atoms with Crippen molar-refractivity contribution in [3.05, 3.63) is 64.9 Å². The molecule has 0 aliphatic carbocycles. The lowest BCUT2D eigenvalue weighted by Gasteiger charge is -2.04. The van der Waals surface area contributed by atoms with Gasteiger partial charge in [0.15, 0.2) is 0 Å². The largest absolute Gasteiger partial charge is 0.497 e. The summed E-state index contributed by atoms with van der Waals surface area (Å²) in [6.45, 7) is 0. The number of hydrogen-bond donors (Lipinski definition) is 3. The van der Waals surface area contributed by atoms with Gasteiger partial charge in [-0.25, -0.2) is 0 Å². The highest BCUT2D eigenvalue weighted by Gasteiger charge is 2.34. The van der Waals surface area contributed by atoms with Gasteiger partial charge in [0.05, 0.1) is 18.3 Å². The number of benzene rings is 2. The Morgan fingerprint density at radius 1 is 0.821 bits per heavy atom. The molecule has 0 atom stereocenters. The van der Waals surface area contributed by atoms with Gasteiger partial charge in [-0.3, -0.25) is 14.9 Å². The topological polar surface area (TPSA) is 87.0 Å². The molecule has 0 spiro atoms. The third-order valence-corrected chi connectivity index (χ3v) is 5.24. The van der Waals surface area contributed by atoms with Gasteiger partial charge in [-0.1, -0.05) is 17.7 Å². The molecule has 0 radical (unpaired) electrons. The smallest absolute Gasteiger partial charge is 0.259 e. The zero-order chi connectivity index (χ0) is 19.4. The Balaban J connectivity index is 1.81. The molecule has 3 N–H and O–H groups in total. The Morgan fingerprint density at radius 3 is 2.21 bits per heavy atom. The number of imide groups is 1. The fourth-order valence-corrected chi connectivity index (χ4v) is 3.88. The van der Waals surface area contributed by atoms with Crippen LogP contribution in [0.25, 0.3) is 33.0 Å². The van der Waals surface area contributed by atoms with Gasteiger partial charge in [0, 0.05) is 50.3 Å². The zero-order valence-electron chi connectivity index (χ0n) is 14.7. The molecule has 0 saturated carbocycles. The number of methoxy groups -OCH3 is 1. The number of aromatic amines is 2. The number of hydrogen-bond acceptors (Lipinski definition) is 3. The van der Waals surface area contributed by atoms with Crippen LogP contribution >= 0.6 is 11.6 Å². The van der Waals surface area contributed by atoms with Crippen molar-refractivity contribution in [1.29, 1.82) is 0 Å². The maximum absolute atomic E-state index is 12.7. The van der Waals surface area contributed by atoms with Gasteiger partial charge in [-0.2, -0.15) is 0 Å². The molecule has 2 amide bonds. The number of aromatic nitrogens is 2. The second-order valence-electron chi connectivity index (χ2n) is 6.54. The molecule has 7 heteroatoms. The summed E-state index contributed by atoms with van der Waals surface area (Å²) in [5.41, 5.74) is 3.61. The molecule has 0 bridgehead atoms. The lowest BCUT2D eigenvalue weighted by molar-refractivity contribution is -0.122. The molecular formula is C21H14ClN3O3. The molecule has 2 aromatic carbocycles. The number of nitrogens with one attached hydrogen (secondary N) is 3. The van der Waals surface area contributed by atoms with E-state index in [1.165, 1.54) is 0 Å². The molecule has 5 rings (SSSR count). The summed E-state index contributed by atoms with van der Waals surface area (Å²) in [5.74, 6) is -0.179.